The van der Waals surface area contributed by atoms with Gasteiger partial charge in [-0.15, -0.1) is 0 Å². The van der Waals surface area contributed by atoms with Crippen LogP contribution in [0.4, 0.5) is 5.69 Å². The Balaban J connectivity index is 1.55. The number of anilines is 1. The molecule has 3 rings (SSSR count). The molecule has 0 aromatic heterocycles. The molecule has 0 saturated heterocycles. The van der Waals surface area contributed by atoms with Crippen LogP contribution in [0, 0.1) is 11.8 Å². The molecule has 0 fully saturated rings. The Morgan fingerprint density at radius 2 is 1.73 bits per heavy atom. The molecule has 134 valence electrons. The summed E-state index contributed by atoms with van der Waals surface area (Å²) in [7, 11) is 3.99. The Hall–Kier alpha value is -3.13. The Kier molecular flexibility index (Phi) is 5.33. The average Bonchev–Trinajstić information content (AvgIpc) is 2.64. The van der Waals surface area contributed by atoms with Crippen LogP contribution in [0.5, 0.6) is 11.5 Å². The quantitative estimate of drug-likeness (QED) is 0.864. The first-order chi connectivity index (χ1) is 12.5. The lowest BCUT2D eigenvalue weighted by Crippen LogP contribution is -2.49. The number of benzene rings is 2. The zero-order valence-electron chi connectivity index (χ0n) is 15.2. The summed E-state index contributed by atoms with van der Waals surface area (Å²) in [6.07, 6.45) is -1.05. The molecule has 0 bridgehead atoms. The van der Waals surface area contributed by atoms with E-state index in [9.17, 15) is 4.79 Å². The standard InChI is InChI=1S/C21H22N2O3/c1-15-20(26-19-9-5-4-8-18(19)25-15)21(24)22-14-6-7-16-10-12-17(13-11-16)23(2)3/h4-5,8-13,15,20H,14H2,1-3H3,(H,22,24). The Morgan fingerprint density at radius 3 is 2.38 bits per heavy atom. The summed E-state index contributed by atoms with van der Waals surface area (Å²) in [5, 5.41) is 2.79. The van der Waals surface area contributed by atoms with Crippen LogP contribution in [0.2, 0.25) is 0 Å². The zero-order chi connectivity index (χ0) is 18.5. The van der Waals surface area contributed by atoms with Crippen LogP contribution in [0.1, 0.15) is 12.5 Å². The fourth-order valence-corrected chi connectivity index (χ4v) is 2.63. The van der Waals surface area contributed by atoms with Gasteiger partial charge >= 0.3 is 0 Å². The molecule has 2 aromatic carbocycles. The lowest BCUT2D eigenvalue weighted by Gasteiger charge is -2.30. The van der Waals surface area contributed by atoms with Gasteiger partial charge in [-0.3, -0.25) is 4.79 Å². The maximum atomic E-state index is 12.4. The maximum Gasteiger partial charge on any atom is 0.265 e. The summed E-state index contributed by atoms with van der Waals surface area (Å²) in [5.74, 6) is 7.01. The van der Waals surface area contributed by atoms with Crippen LogP contribution in [0.15, 0.2) is 48.5 Å². The molecule has 0 saturated carbocycles. The number of carbonyl (C=O) groups is 1. The highest BCUT2D eigenvalue weighted by atomic mass is 16.6. The molecule has 1 N–H and O–H groups in total. The van der Waals surface area contributed by atoms with Crippen molar-refractivity contribution < 1.29 is 14.3 Å². The number of hydrogen-bond donors (Lipinski definition) is 1. The smallest absolute Gasteiger partial charge is 0.265 e. The highest BCUT2D eigenvalue weighted by Crippen LogP contribution is 2.33. The molecule has 2 aromatic rings. The Bertz CT molecular complexity index is 834. The molecule has 0 aliphatic carbocycles. The minimum absolute atomic E-state index is 0.232. The molecule has 5 nitrogen and oxygen atoms in total. The first-order valence-corrected chi connectivity index (χ1v) is 8.51. The van der Waals surface area contributed by atoms with Gasteiger partial charge < -0.3 is 19.7 Å². The van der Waals surface area contributed by atoms with Gasteiger partial charge in [-0.25, -0.2) is 0 Å². The van der Waals surface area contributed by atoms with E-state index in [2.05, 4.69) is 17.2 Å². The largest absolute Gasteiger partial charge is 0.482 e. The third-order valence-electron chi connectivity index (χ3n) is 4.07. The molecule has 1 aliphatic heterocycles. The van der Waals surface area contributed by atoms with Gasteiger partial charge in [0.2, 0.25) is 6.10 Å². The van der Waals surface area contributed by atoms with E-state index < -0.39 is 6.10 Å². The topological polar surface area (TPSA) is 50.8 Å². The molecule has 1 amide bonds. The number of ether oxygens (including phenoxy) is 2. The number of carbonyl (C=O) groups excluding carboxylic acids is 1. The SMILES string of the molecule is CC1Oc2ccccc2OC1C(=O)NCC#Cc1ccc(N(C)C)cc1. The van der Waals surface area contributed by atoms with Crippen molar-refractivity contribution in [1.29, 1.82) is 0 Å². The summed E-state index contributed by atoms with van der Waals surface area (Å²) in [5.41, 5.74) is 2.02. The second-order valence-corrected chi connectivity index (χ2v) is 6.27. The summed E-state index contributed by atoms with van der Waals surface area (Å²) >= 11 is 0. The van der Waals surface area contributed by atoms with Gasteiger partial charge in [0.05, 0.1) is 6.54 Å². The molecular weight excluding hydrogens is 328 g/mol. The first-order valence-electron chi connectivity index (χ1n) is 8.51. The van der Waals surface area contributed by atoms with Gasteiger partial charge in [0.25, 0.3) is 5.91 Å². The number of nitrogens with zero attached hydrogens (tertiary/aromatic N) is 1. The second kappa shape index (κ2) is 7.83. The third-order valence-corrected chi connectivity index (χ3v) is 4.07. The predicted molar refractivity (Wildman–Crippen MR) is 102 cm³/mol. The summed E-state index contributed by atoms with van der Waals surface area (Å²) < 4.78 is 11.5. The van der Waals surface area contributed by atoms with Crippen molar-refractivity contribution >= 4 is 11.6 Å². The molecular formula is C21H22N2O3. The van der Waals surface area contributed by atoms with E-state index >= 15 is 0 Å². The van der Waals surface area contributed by atoms with E-state index in [0.717, 1.165) is 11.3 Å². The van der Waals surface area contributed by atoms with Crippen molar-refractivity contribution in [2.75, 3.05) is 25.5 Å². The third kappa shape index (κ3) is 4.09. The number of amides is 1. The predicted octanol–water partition coefficient (Wildman–Crippen LogP) is 2.45. The highest BCUT2D eigenvalue weighted by Gasteiger charge is 2.33. The van der Waals surface area contributed by atoms with Gasteiger partial charge in [-0.1, -0.05) is 24.0 Å². The van der Waals surface area contributed by atoms with Crippen LogP contribution < -0.4 is 19.7 Å². The van der Waals surface area contributed by atoms with E-state index in [1.54, 1.807) is 6.07 Å². The fraction of sp³-hybridized carbons (Fsp3) is 0.286. The van der Waals surface area contributed by atoms with Crippen molar-refractivity contribution in [3.05, 3.63) is 54.1 Å². The molecule has 1 heterocycles. The molecule has 5 heteroatoms. The van der Waals surface area contributed by atoms with Crippen molar-refractivity contribution in [2.24, 2.45) is 0 Å². The lowest BCUT2D eigenvalue weighted by molar-refractivity contribution is -0.133. The van der Waals surface area contributed by atoms with Crippen molar-refractivity contribution in [3.8, 4) is 23.3 Å². The molecule has 1 aliphatic rings. The van der Waals surface area contributed by atoms with Crippen molar-refractivity contribution in [2.45, 2.75) is 19.1 Å². The van der Waals surface area contributed by atoms with Gasteiger partial charge in [0.15, 0.2) is 11.5 Å². The van der Waals surface area contributed by atoms with Gasteiger partial charge in [0, 0.05) is 25.3 Å². The van der Waals surface area contributed by atoms with Crippen molar-refractivity contribution in [3.63, 3.8) is 0 Å². The van der Waals surface area contributed by atoms with E-state index in [4.69, 9.17) is 9.47 Å². The van der Waals surface area contributed by atoms with Gasteiger partial charge in [0.1, 0.15) is 6.10 Å². The molecule has 2 atom stereocenters. The van der Waals surface area contributed by atoms with E-state index in [1.165, 1.54) is 0 Å². The molecule has 0 radical (unpaired) electrons. The average molecular weight is 350 g/mol. The first kappa shape index (κ1) is 17.7. The van der Waals surface area contributed by atoms with Gasteiger partial charge in [-0.2, -0.15) is 0 Å². The molecule has 2 unspecified atom stereocenters. The lowest BCUT2D eigenvalue weighted by atomic mass is 10.1. The number of nitrogens with one attached hydrogen (secondary N) is 1. The summed E-state index contributed by atoms with van der Waals surface area (Å²) in [6, 6.07) is 15.3. The normalized spacial score (nSPS) is 17.7. The van der Waals surface area contributed by atoms with Crippen molar-refractivity contribution in [1.82, 2.24) is 5.32 Å². The van der Waals surface area contributed by atoms with E-state index in [0.29, 0.717) is 11.5 Å². The zero-order valence-corrected chi connectivity index (χ0v) is 15.2. The number of fused-ring (bicyclic) bond motifs is 1. The van der Waals surface area contributed by atoms with Crippen LogP contribution in [0.25, 0.3) is 0 Å². The molecule has 26 heavy (non-hydrogen) atoms. The highest BCUT2D eigenvalue weighted by molar-refractivity contribution is 5.82. The van der Waals surface area contributed by atoms with Crippen LogP contribution in [-0.2, 0) is 4.79 Å². The maximum absolute atomic E-state index is 12.4. The second-order valence-electron chi connectivity index (χ2n) is 6.27. The summed E-state index contributed by atoms with van der Waals surface area (Å²) in [6.45, 7) is 2.07. The number of para-hydroxylation sites is 2. The number of rotatable bonds is 3. The van der Waals surface area contributed by atoms with Crippen LogP contribution in [-0.4, -0.2) is 38.8 Å². The minimum atomic E-state index is -0.689. The van der Waals surface area contributed by atoms with Crippen LogP contribution >= 0.6 is 0 Å². The van der Waals surface area contributed by atoms with Gasteiger partial charge in [-0.05, 0) is 43.3 Å². The minimum Gasteiger partial charge on any atom is -0.482 e. The molecule has 0 spiro atoms. The Morgan fingerprint density at radius 1 is 1.08 bits per heavy atom. The van der Waals surface area contributed by atoms with E-state index in [-0.39, 0.29) is 18.6 Å². The van der Waals surface area contributed by atoms with Crippen LogP contribution in [0.3, 0.4) is 0 Å². The monoisotopic (exact) mass is 350 g/mol. The number of hydrogen-bond acceptors (Lipinski definition) is 4. The fourth-order valence-electron chi connectivity index (χ4n) is 2.63. The van der Waals surface area contributed by atoms with E-state index in [1.807, 2.05) is 68.4 Å². The summed E-state index contributed by atoms with van der Waals surface area (Å²) in [4.78, 5) is 14.4. The Labute approximate surface area is 153 Å².